The molecule has 0 aliphatic carbocycles. The van der Waals surface area contributed by atoms with Crippen LogP contribution in [-0.4, -0.2) is 10.2 Å². The predicted octanol–water partition coefficient (Wildman–Crippen LogP) is 5.54. The van der Waals surface area contributed by atoms with Gasteiger partial charge in [-0.15, -0.1) is 0 Å². The number of aromatic amines is 1. The molecule has 0 saturated carbocycles. The first-order chi connectivity index (χ1) is 13.3. The summed E-state index contributed by atoms with van der Waals surface area (Å²) in [4.78, 5) is 12.2. The highest BCUT2D eigenvalue weighted by molar-refractivity contribution is 6.16. The highest BCUT2D eigenvalue weighted by Crippen LogP contribution is 2.33. The summed E-state index contributed by atoms with van der Waals surface area (Å²) in [6, 6.07) is 25.7. The molecule has 0 fully saturated rings. The van der Waals surface area contributed by atoms with Gasteiger partial charge in [-0.05, 0) is 79.5 Å². The van der Waals surface area contributed by atoms with Gasteiger partial charge in [0.05, 0.1) is 11.6 Å². The van der Waals surface area contributed by atoms with E-state index in [1.165, 1.54) is 26.9 Å². The Bertz CT molecular complexity index is 1600. The van der Waals surface area contributed by atoms with Gasteiger partial charge in [-0.3, -0.25) is 4.79 Å². The minimum Gasteiger partial charge on any atom is -0.267 e. The second-order valence-corrected chi connectivity index (χ2v) is 7.05. The maximum atomic E-state index is 12.2. The van der Waals surface area contributed by atoms with Crippen LogP contribution in [0.15, 0.2) is 83.8 Å². The molecule has 0 spiro atoms. The van der Waals surface area contributed by atoms with Gasteiger partial charge in [-0.1, -0.05) is 36.4 Å². The first-order valence-corrected chi connectivity index (χ1v) is 8.93. The lowest BCUT2D eigenvalue weighted by molar-refractivity contribution is 1.01. The lowest BCUT2D eigenvalue weighted by Crippen LogP contribution is -2.07. The fourth-order valence-corrected chi connectivity index (χ4v) is 4.09. The lowest BCUT2D eigenvalue weighted by atomic mass is 9.95. The number of aromatic nitrogens is 2. The summed E-state index contributed by atoms with van der Waals surface area (Å²) in [6.07, 6.45) is 1.70. The van der Waals surface area contributed by atoms with Gasteiger partial charge in [0.2, 0.25) is 0 Å². The Morgan fingerprint density at radius 2 is 1.15 bits per heavy atom. The number of hydrogen-bond acceptors (Lipinski definition) is 2. The van der Waals surface area contributed by atoms with Gasteiger partial charge in [-0.2, -0.15) is 5.10 Å². The Balaban J connectivity index is 1.79. The Kier molecular flexibility index (Phi) is 2.75. The molecule has 0 amide bonds. The summed E-state index contributed by atoms with van der Waals surface area (Å²) in [5.41, 5.74) is -0.154. The standard InChI is InChI=1S/C24H14N2O/c27-24-23-12-22-17(10-20(23)13-25-26-24)6-5-16-9-18-7-14-3-1-2-4-15(14)8-19(18)11-21(16)22/h1-13H,(H,26,27). The number of nitrogens with zero attached hydrogens (tertiary/aromatic N) is 1. The van der Waals surface area contributed by atoms with Crippen molar-refractivity contribution in [1.82, 2.24) is 10.2 Å². The fraction of sp³-hybridized carbons (Fsp3) is 0. The van der Waals surface area contributed by atoms with Crippen LogP contribution < -0.4 is 5.56 Å². The lowest BCUT2D eigenvalue weighted by Gasteiger charge is -2.09. The molecule has 6 rings (SSSR count). The van der Waals surface area contributed by atoms with Gasteiger partial charge in [0.15, 0.2) is 0 Å². The molecular weight excluding hydrogens is 332 g/mol. The van der Waals surface area contributed by atoms with E-state index >= 15 is 0 Å². The Morgan fingerprint density at radius 3 is 1.89 bits per heavy atom. The van der Waals surface area contributed by atoms with Crippen molar-refractivity contribution in [2.45, 2.75) is 0 Å². The molecule has 0 bridgehead atoms. The van der Waals surface area contributed by atoms with Gasteiger partial charge in [0.1, 0.15) is 0 Å². The molecule has 0 saturated heterocycles. The van der Waals surface area contributed by atoms with E-state index in [0.717, 1.165) is 21.5 Å². The van der Waals surface area contributed by atoms with E-state index < -0.39 is 0 Å². The molecule has 0 aliphatic heterocycles. The van der Waals surface area contributed by atoms with Crippen molar-refractivity contribution in [2.24, 2.45) is 0 Å². The molecule has 3 heteroatoms. The molecule has 1 aromatic heterocycles. The van der Waals surface area contributed by atoms with Crippen LogP contribution in [0.4, 0.5) is 0 Å². The average Bonchev–Trinajstić information content (AvgIpc) is 2.70. The molecule has 0 radical (unpaired) electrons. The van der Waals surface area contributed by atoms with Crippen LogP contribution >= 0.6 is 0 Å². The van der Waals surface area contributed by atoms with Crippen LogP contribution in [0.3, 0.4) is 0 Å². The van der Waals surface area contributed by atoms with Crippen molar-refractivity contribution in [3.63, 3.8) is 0 Å². The molecule has 1 heterocycles. The summed E-state index contributed by atoms with van der Waals surface area (Å²) in [6.45, 7) is 0. The summed E-state index contributed by atoms with van der Waals surface area (Å²) >= 11 is 0. The topological polar surface area (TPSA) is 45.8 Å². The molecule has 5 aromatic carbocycles. The molecule has 0 unspecified atom stereocenters. The van der Waals surface area contributed by atoms with E-state index in [0.29, 0.717) is 5.39 Å². The van der Waals surface area contributed by atoms with Crippen molar-refractivity contribution in [3.8, 4) is 0 Å². The van der Waals surface area contributed by atoms with E-state index in [-0.39, 0.29) is 5.56 Å². The third-order valence-corrected chi connectivity index (χ3v) is 5.44. The van der Waals surface area contributed by atoms with Crippen molar-refractivity contribution in [2.75, 3.05) is 0 Å². The molecule has 0 aliphatic rings. The third-order valence-electron chi connectivity index (χ3n) is 5.44. The Hall–Kier alpha value is -3.72. The van der Waals surface area contributed by atoms with Crippen molar-refractivity contribution < 1.29 is 0 Å². The predicted molar refractivity (Wildman–Crippen MR) is 112 cm³/mol. The van der Waals surface area contributed by atoms with Crippen LogP contribution in [0, 0.1) is 0 Å². The summed E-state index contributed by atoms with van der Waals surface area (Å²) < 4.78 is 0. The number of benzene rings is 5. The van der Waals surface area contributed by atoms with Gasteiger partial charge in [0.25, 0.3) is 5.56 Å². The molecule has 6 aromatic rings. The second-order valence-electron chi connectivity index (χ2n) is 7.05. The van der Waals surface area contributed by atoms with Crippen LogP contribution in [0.1, 0.15) is 0 Å². The number of H-pyrrole nitrogens is 1. The molecule has 1 N–H and O–H groups in total. The van der Waals surface area contributed by atoms with Crippen molar-refractivity contribution in [1.29, 1.82) is 0 Å². The van der Waals surface area contributed by atoms with Crippen LogP contribution in [-0.2, 0) is 0 Å². The van der Waals surface area contributed by atoms with E-state index in [2.05, 4.69) is 70.9 Å². The van der Waals surface area contributed by atoms with Crippen LogP contribution in [0.2, 0.25) is 0 Å². The Labute approximate surface area is 153 Å². The monoisotopic (exact) mass is 346 g/mol. The zero-order chi connectivity index (χ0) is 18.0. The number of hydrogen-bond donors (Lipinski definition) is 1. The largest absolute Gasteiger partial charge is 0.272 e. The minimum atomic E-state index is -0.154. The SMILES string of the molecule is O=c1[nH]ncc2cc3ccc4cc5cc6ccccc6cc5cc4c3cc12. The number of fused-ring (bicyclic) bond motifs is 6. The summed E-state index contributed by atoms with van der Waals surface area (Å²) in [7, 11) is 0. The van der Waals surface area contributed by atoms with E-state index in [9.17, 15) is 4.79 Å². The van der Waals surface area contributed by atoms with E-state index in [4.69, 9.17) is 0 Å². The normalized spacial score (nSPS) is 11.9. The first kappa shape index (κ1) is 14.4. The molecule has 126 valence electrons. The van der Waals surface area contributed by atoms with Gasteiger partial charge in [-0.25, -0.2) is 5.10 Å². The molecular formula is C24H14N2O. The van der Waals surface area contributed by atoms with Gasteiger partial charge >= 0.3 is 0 Å². The van der Waals surface area contributed by atoms with E-state index in [1.807, 2.05) is 12.1 Å². The number of nitrogens with one attached hydrogen (secondary N) is 1. The smallest absolute Gasteiger partial charge is 0.267 e. The fourth-order valence-electron chi connectivity index (χ4n) is 4.09. The Morgan fingerprint density at radius 1 is 0.556 bits per heavy atom. The zero-order valence-corrected chi connectivity index (χ0v) is 14.4. The molecule has 0 atom stereocenters. The second kappa shape index (κ2) is 5.15. The molecule has 27 heavy (non-hydrogen) atoms. The van der Waals surface area contributed by atoms with Gasteiger partial charge in [0, 0.05) is 5.39 Å². The average molecular weight is 346 g/mol. The van der Waals surface area contributed by atoms with Crippen LogP contribution in [0.5, 0.6) is 0 Å². The quantitative estimate of drug-likeness (QED) is 0.290. The van der Waals surface area contributed by atoms with Crippen LogP contribution in [0.25, 0.3) is 53.9 Å². The minimum absolute atomic E-state index is 0.154. The van der Waals surface area contributed by atoms with Gasteiger partial charge < -0.3 is 0 Å². The third kappa shape index (κ3) is 2.09. The highest BCUT2D eigenvalue weighted by atomic mass is 16.1. The molecule has 3 nitrogen and oxygen atoms in total. The maximum absolute atomic E-state index is 12.2. The van der Waals surface area contributed by atoms with E-state index in [1.54, 1.807) is 6.20 Å². The maximum Gasteiger partial charge on any atom is 0.272 e. The first-order valence-electron chi connectivity index (χ1n) is 8.93. The summed E-state index contributed by atoms with van der Waals surface area (Å²) in [5.74, 6) is 0. The van der Waals surface area contributed by atoms with Crippen molar-refractivity contribution >= 4 is 53.9 Å². The summed E-state index contributed by atoms with van der Waals surface area (Å²) in [5, 5.41) is 17.4. The highest BCUT2D eigenvalue weighted by Gasteiger charge is 2.07. The number of rotatable bonds is 0. The zero-order valence-electron chi connectivity index (χ0n) is 14.4. The van der Waals surface area contributed by atoms with Crippen molar-refractivity contribution in [3.05, 3.63) is 89.3 Å².